The fraction of sp³-hybridized carbons (Fsp3) is 0.583. The third-order valence-electron chi connectivity index (χ3n) is 2.68. The molecule has 0 fully saturated rings. The molecule has 4 heteroatoms. The lowest BCUT2D eigenvalue weighted by molar-refractivity contribution is 0.183. The summed E-state index contributed by atoms with van der Waals surface area (Å²) in [6, 6.07) is 4.10. The van der Waals surface area contributed by atoms with Gasteiger partial charge in [0.25, 0.3) is 0 Å². The fourth-order valence-corrected chi connectivity index (χ4v) is 1.46. The molecular formula is C12H20N2O2. The first-order valence-corrected chi connectivity index (χ1v) is 5.42. The van der Waals surface area contributed by atoms with Crippen molar-refractivity contribution in [2.24, 2.45) is 0 Å². The van der Waals surface area contributed by atoms with E-state index in [1.807, 2.05) is 19.2 Å². The van der Waals surface area contributed by atoms with Gasteiger partial charge in [-0.15, -0.1) is 0 Å². The molecule has 0 saturated heterocycles. The van der Waals surface area contributed by atoms with Gasteiger partial charge in [-0.05, 0) is 26.0 Å². The maximum atomic E-state index is 9.35. The second kappa shape index (κ2) is 5.82. The molecule has 2 atom stereocenters. The second-order valence-corrected chi connectivity index (χ2v) is 4.03. The summed E-state index contributed by atoms with van der Waals surface area (Å²) in [5, 5.41) is 9.35. The van der Waals surface area contributed by atoms with Gasteiger partial charge >= 0.3 is 0 Å². The van der Waals surface area contributed by atoms with Crippen molar-refractivity contribution in [3.63, 3.8) is 0 Å². The average molecular weight is 224 g/mol. The normalized spacial score (nSPS) is 14.6. The van der Waals surface area contributed by atoms with Crippen LogP contribution in [0.5, 0.6) is 0 Å². The maximum absolute atomic E-state index is 9.35. The van der Waals surface area contributed by atoms with Crippen LogP contribution in [-0.2, 0) is 4.74 Å². The Bertz CT molecular complexity index is 311. The number of anilines is 1. The van der Waals surface area contributed by atoms with E-state index in [9.17, 15) is 5.11 Å². The summed E-state index contributed by atoms with van der Waals surface area (Å²) < 4.78 is 5.11. The molecule has 0 aliphatic carbocycles. The standard InChI is InChI=1S/C12H20N2O2/c1-9(8-16-4)14(3)11-5-6-12(10(2)15)13-7-11/h5-7,9-10,15H,8H2,1-4H3. The van der Waals surface area contributed by atoms with Crippen LogP contribution in [0.4, 0.5) is 5.69 Å². The highest BCUT2D eigenvalue weighted by Gasteiger charge is 2.10. The summed E-state index contributed by atoms with van der Waals surface area (Å²) >= 11 is 0. The quantitative estimate of drug-likeness (QED) is 0.825. The highest BCUT2D eigenvalue weighted by atomic mass is 16.5. The van der Waals surface area contributed by atoms with Gasteiger partial charge < -0.3 is 14.7 Å². The van der Waals surface area contributed by atoms with E-state index in [0.29, 0.717) is 18.3 Å². The lowest BCUT2D eigenvalue weighted by Gasteiger charge is -2.26. The monoisotopic (exact) mass is 224 g/mol. The molecule has 1 N–H and O–H groups in total. The van der Waals surface area contributed by atoms with Gasteiger partial charge in [0.05, 0.1) is 30.3 Å². The Morgan fingerprint density at radius 2 is 2.12 bits per heavy atom. The predicted octanol–water partition coefficient (Wildman–Crippen LogP) is 1.61. The van der Waals surface area contributed by atoms with Crippen molar-refractivity contribution >= 4 is 5.69 Å². The van der Waals surface area contributed by atoms with Gasteiger partial charge in [-0.3, -0.25) is 4.98 Å². The predicted molar refractivity (Wildman–Crippen MR) is 64.6 cm³/mol. The Balaban J connectivity index is 2.73. The molecule has 0 aromatic carbocycles. The van der Waals surface area contributed by atoms with Crippen LogP contribution in [0, 0.1) is 0 Å². The van der Waals surface area contributed by atoms with Crippen molar-refractivity contribution in [1.29, 1.82) is 0 Å². The Morgan fingerprint density at radius 1 is 1.44 bits per heavy atom. The molecule has 0 spiro atoms. The third-order valence-corrected chi connectivity index (χ3v) is 2.68. The van der Waals surface area contributed by atoms with Crippen LogP contribution < -0.4 is 4.90 Å². The topological polar surface area (TPSA) is 45.6 Å². The molecule has 0 aliphatic heterocycles. The van der Waals surface area contributed by atoms with Crippen molar-refractivity contribution in [3.8, 4) is 0 Å². The average Bonchev–Trinajstić information content (AvgIpc) is 2.28. The van der Waals surface area contributed by atoms with Crippen molar-refractivity contribution in [2.75, 3.05) is 25.7 Å². The Labute approximate surface area is 96.9 Å². The number of methoxy groups -OCH3 is 1. The molecule has 0 bridgehead atoms. The van der Waals surface area contributed by atoms with Crippen LogP contribution >= 0.6 is 0 Å². The summed E-state index contributed by atoms with van der Waals surface area (Å²) in [4.78, 5) is 6.31. The second-order valence-electron chi connectivity index (χ2n) is 4.03. The van der Waals surface area contributed by atoms with Gasteiger partial charge in [0.2, 0.25) is 0 Å². The molecule has 1 aromatic heterocycles. The third kappa shape index (κ3) is 3.18. The minimum absolute atomic E-state index is 0.296. The summed E-state index contributed by atoms with van der Waals surface area (Å²) in [7, 11) is 3.70. The lowest BCUT2D eigenvalue weighted by Crippen LogP contribution is -2.32. The van der Waals surface area contributed by atoms with E-state index in [0.717, 1.165) is 5.69 Å². The number of ether oxygens (including phenoxy) is 1. The van der Waals surface area contributed by atoms with Crippen molar-refractivity contribution < 1.29 is 9.84 Å². The number of pyridine rings is 1. The smallest absolute Gasteiger partial charge is 0.0931 e. The van der Waals surface area contributed by atoms with E-state index in [1.165, 1.54) is 0 Å². The zero-order valence-corrected chi connectivity index (χ0v) is 10.3. The number of hydrogen-bond donors (Lipinski definition) is 1. The summed E-state index contributed by atoms with van der Waals surface area (Å²) in [6.45, 7) is 4.47. The largest absolute Gasteiger partial charge is 0.387 e. The van der Waals surface area contributed by atoms with E-state index in [2.05, 4.69) is 16.8 Å². The van der Waals surface area contributed by atoms with Crippen molar-refractivity contribution in [1.82, 2.24) is 4.98 Å². The number of hydrogen-bond acceptors (Lipinski definition) is 4. The number of likely N-dealkylation sites (N-methyl/N-ethyl adjacent to an activating group) is 1. The number of nitrogens with zero attached hydrogens (tertiary/aromatic N) is 2. The summed E-state index contributed by atoms with van der Waals surface area (Å²) in [5.74, 6) is 0. The van der Waals surface area contributed by atoms with Gasteiger partial charge in [0.15, 0.2) is 0 Å². The zero-order valence-electron chi connectivity index (χ0n) is 10.3. The molecule has 0 aliphatic rings. The van der Waals surface area contributed by atoms with Crippen LogP contribution in [0.2, 0.25) is 0 Å². The zero-order chi connectivity index (χ0) is 12.1. The number of aromatic nitrogens is 1. The lowest BCUT2D eigenvalue weighted by atomic mass is 10.2. The molecule has 1 heterocycles. The molecule has 16 heavy (non-hydrogen) atoms. The molecule has 0 saturated carbocycles. The van der Waals surface area contributed by atoms with E-state index < -0.39 is 6.10 Å². The first kappa shape index (κ1) is 12.9. The van der Waals surface area contributed by atoms with Crippen LogP contribution in [0.15, 0.2) is 18.3 Å². The van der Waals surface area contributed by atoms with Gasteiger partial charge in [-0.1, -0.05) is 0 Å². The number of aliphatic hydroxyl groups is 1. The summed E-state index contributed by atoms with van der Waals surface area (Å²) in [6.07, 6.45) is 1.25. The van der Waals surface area contributed by atoms with Crippen molar-refractivity contribution in [2.45, 2.75) is 26.0 Å². The van der Waals surface area contributed by atoms with Gasteiger partial charge in [-0.2, -0.15) is 0 Å². The molecule has 4 nitrogen and oxygen atoms in total. The fourth-order valence-electron chi connectivity index (χ4n) is 1.46. The van der Waals surface area contributed by atoms with Gasteiger partial charge in [-0.25, -0.2) is 0 Å². The minimum Gasteiger partial charge on any atom is -0.387 e. The highest BCUT2D eigenvalue weighted by Crippen LogP contribution is 2.17. The molecular weight excluding hydrogens is 204 g/mol. The first-order valence-electron chi connectivity index (χ1n) is 5.42. The molecule has 1 rings (SSSR count). The minimum atomic E-state index is -0.518. The molecule has 2 unspecified atom stereocenters. The van der Waals surface area contributed by atoms with Crippen LogP contribution in [0.1, 0.15) is 25.6 Å². The number of rotatable bonds is 5. The van der Waals surface area contributed by atoms with Crippen LogP contribution in [0.25, 0.3) is 0 Å². The molecule has 0 amide bonds. The SMILES string of the molecule is COCC(C)N(C)c1ccc(C(C)O)nc1. The Hall–Kier alpha value is -1.13. The Morgan fingerprint density at radius 3 is 2.56 bits per heavy atom. The van der Waals surface area contributed by atoms with Gasteiger partial charge in [0.1, 0.15) is 0 Å². The summed E-state index contributed by atoms with van der Waals surface area (Å²) in [5.41, 5.74) is 1.71. The van der Waals surface area contributed by atoms with E-state index in [4.69, 9.17) is 4.74 Å². The van der Waals surface area contributed by atoms with E-state index in [-0.39, 0.29) is 0 Å². The Kier molecular flexibility index (Phi) is 4.71. The van der Waals surface area contributed by atoms with Gasteiger partial charge in [0, 0.05) is 20.2 Å². The van der Waals surface area contributed by atoms with E-state index in [1.54, 1.807) is 20.2 Å². The molecule has 0 radical (unpaired) electrons. The first-order chi connectivity index (χ1) is 7.56. The van der Waals surface area contributed by atoms with Crippen molar-refractivity contribution in [3.05, 3.63) is 24.0 Å². The molecule has 90 valence electrons. The number of aliphatic hydroxyl groups excluding tert-OH is 1. The molecule has 1 aromatic rings. The maximum Gasteiger partial charge on any atom is 0.0931 e. The highest BCUT2D eigenvalue weighted by molar-refractivity contribution is 5.44. The van der Waals surface area contributed by atoms with Crippen LogP contribution in [0.3, 0.4) is 0 Å². The van der Waals surface area contributed by atoms with E-state index >= 15 is 0 Å². The van der Waals surface area contributed by atoms with Crippen LogP contribution in [-0.4, -0.2) is 36.9 Å².